The summed E-state index contributed by atoms with van der Waals surface area (Å²) in [5, 5.41) is 12.2. The molecule has 9 heteroatoms. The number of carboxylic acid groups (broad SMARTS) is 1. The van der Waals surface area contributed by atoms with Gasteiger partial charge in [0.1, 0.15) is 0 Å². The molecule has 1 rings (SSSR count). The average molecular weight is 346 g/mol. The summed E-state index contributed by atoms with van der Waals surface area (Å²) in [5.41, 5.74) is 0.210. The van der Waals surface area contributed by atoms with E-state index in [4.69, 9.17) is 9.47 Å². The molecule has 1 aromatic rings. The van der Waals surface area contributed by atoms with Crippen LogP contribution in [0.25, 0.3) is 0 Å². The van der Waals surface area contributed by atoms with Gasteiger partial charge in [0.15, 0.2) is 0 Å². The maximum Gasteiger partial charge on any atom is 0.337 e. The Balaban J connectivity index is 3.04. The van der Waals surface area contributed by atoms with Gasteiger partial charge in [0.2, 0.25) is 10.0 Å². The first kappa shape index (κ1) is 19.4. The van der Waals surface area contributed by atoms with Gasteiger partial charge in [0.05, 0.1) is 23.7 Å². The number of hydrogen-bond acceptors (Lipinski definition) is 6. The Bertz CT molecular complexity index is 632. The smallest absolute Gasteiger partial charge is 0.337 e. The van der Waals surface area contributed by atoms with Crippen LogP contribution in [0.5, 0.6) is 0 Å². The summed E-state index contributed by atoms with van der Waals surface area (Å²) in [7, 11) is -0.829. The first-order chi connectivity index (χ1) is 10.8. The molecule has 23 heavy (non-hydrogen) atoms. The molecule has 3 N–H and O–H groups in total. The summed E-state index contributed by atoms with van der Waals surface area (Å²) < 4.78 is 36.7. The van der Waals surface area contributed by atoms with Crippen LogP contribution >= 0.6 is 0 Å². The first-order valence-corrected chi connectivity index (χ1v) is 8.41. The quantitative estimate of drug-likeness (QED) is 0.536. The zero-order chi connectivity index (χ0) is 17.5. The summed E-state index contributed by atoms with van der Waals surface area (Å²) in [6.07, 6.45) is 0. The summed E-state index contributed by atoms with van der Waals surface area (Å²) in [5.74, 6) is -1.22. The monoisotopic (exact) mass is 346 g/mol. The number of rotatable bonds is 10. The second-order valence-electron chi connectivity index (χ2n) is 4.91. The molecule has 1 aromatic carbocycles. The van der Waals surface area contributed by atoms with Gasteiger partial charge in [-0.1, -0.05) is 0 Å². The zero-order valence-corrected chi connectivity index (χ0v) is 14.1. The van der Waals surface area contributed by atoms with E-state index < -0.39 is 22.0 Å². The number of ether oxygens (including phenoxy) is 2. The van der Waals surface area contributed by atoms with E-state index >= 15 is 0 Å². The summed E-state index contributed by atoms with van der Waals surface area (Å²) >= 11 is 0. The van der Waals surface area contributed by atoms with E-state index in [9.17, 15) is 18.3 Å². The van der Waals surface area contributed by atoms with Crippen molar-refractivity contribution in [3.8, 4) is 0 Å². The minimum Gasteiger partial charge on any atom is -0.478 e. The highest BCUT2D eigenvalue weighted by atomic mass is 32.2. The van der Waals surface area contributed by atoms with Crippen LogP contribution in [0, 0.1) is 0 Å². The van der Waals surface area contributed by atoms with Gasteiger partial charge in [-0.15, -0.1) is 0 Å². The fraction of sp³-hybridized carbons (Fsp3) is 0.500. The second kappa shape index (κ2) is 8.82. The maximum atomic E-state index is 12.3. The molecule has 0 spiro atoms. The minimum absolute atomic E-state index is 0.116. The number of methoxy groups -OCH3 is 2. The molecule has 0 aliphatic carbocycles. The van der Waals surface area contributed by atoms with E-state index in [0.29, 0.717) is 18.8 Å². The van der Waals surface area contributed by atoms with Gasteiger partial charge < -0.3 is 19.9 Å². The topological polar surface area (TPSA) is 114 Å². The third kappa shape index (κ3) is 5.79. The molecule has 0 amide bonds. The van der Waals surface area contributed by atoms with Gasteiger partial charge >= 0.3 is 5.97 Å². The highest BCUT2D eigenvalue weighted by Gasteiger charge is 2.20. The lowest BCUT2D eigenvalue weighted by atomic mass is 10.2. The number of nitrogens with one attached hydrogen (secondary N) is 2. The molecule has 0 saturated carbocycles. The molecule has 0 aliphatic heterocycles. The van der Waals surface area contributed by atoms with Crippen LogP contribution in [-0.2, 0) is 19.5 Å². The van der Waals surface area contributed by atoms with E-state index in [0.717, 1.165) is 6.07 Å². The van der Waals surface area contributed by atoms with Gasteiger partial charge in [-0.05, 0) is 25.1 Å². The maximum absolute atomic E-state index is 12.3. The number of benzene rings is 1. The predicted molar refractivity (Wildman–Crippen MR) is 85.4 cm³/mol. The van der Waals surface area contributed by atoms with E-state index in [1.54, 1.807) is 6.92 Å². The van der Waals surface area contributed by atoms with Gasteiger partial charge in [-0.25, -0.2) is 17.9 Å². The molecule has 0 radical (unpaired) electrons. The van der Waals surface area contributed by atoms with Crippen molar-refractivity contribution < 1.29 is 27.8 Å². The molecule has 0 unspecified atom stereocenters. The number of anilines is 1. The van der Waals surface area contributed by atoms with Crippen LogP contribution in [0.4, 0.5) is 5.69 Å². The van der Waals surface area contributed by atoms with E-state index in [1.807, 2.05) is 0 Å². The van der Waals surface area contributed by atoms with Crippen molar-refractivity contribution in [1.29, 1.82) is 0 Å². The van der Waals surface area contributed by atoms with Crippen molar-refractivity contribution in [2.45, 2.75) is 17.9 Å². The zero-order valence-electron chi connectivity index (χ0n) is 13.3. The van der Waals surface area contributed by atoms with Gasteiger partial charge in [-0.3, -0.25) is 0 Å². The standard InChI is InChI=1S/C14H22N2O6S/c1-10(9-22-3)16-23(19,20)11-4-5-13(15-6-7-21-2)12(8-11)14(17)18/h4-5,8,10,15-16H,6-7,9H2,1-3H3,(H,17,18)/t10-/m0/s1. The fourth-order valence-corrected chi connectivity index (χ4v) is 3.18. The molecular formula is C14H22N2O6S. The molecule has 0 saturated heterocycles. The van der Waals surface area contributed by atoms with Crippen LogP contribution in [-0.4, -0.2) is 59.5 Å². The lowest BCUT2D eigenvalue weighted by Crippen LogP contribution is -2.35. The lowest BCUT2D eigenvalue weighted by molar-refractivity contribution is 0.0697. The Morgan fingerprint density at radius 1 is 1.30 bits per heavy atom. The van der Waals surface area contributed by atoms with E-state index in [2.05, 4.69) is 10.0 Å². The SMILES string of the molecule is COCCNc1ccc(S(=O)(=O)N[C@@H](C)COC)cc1C(=O)O. The van der Waals surface area contributed by atoms with Gasteiger partial charge in [-0.2, -0.15) is 0 Å². The van der Waals surface area contributed by atoms with Crippen LogP contribution in [0.1, 0.15) is 17.3 Å². The second-order valence-corrected chi connectivity index (χ2v) is 6.62. The van der Waals surface area contributed by atoms with Gasteiger partial charge in [0.25, 0.3) is 0 Å². The third-order valence-corrected chi connectivity index (χ3v) is 4.51. The van der Waals surface area contributed by atoms with Crippen LogP contribution < -0.4 is 10.0 Å². The predicted octanol–water partition coefficient (Wildman–Crippen LogP) is 0.756. The average Bonchev–Trinajstić information content (AvgIpc) is 2.47. The highest BCUT2D eigenvalue weighted by Crippen LogP contribution is 2.21. The molecule has 1 atom stereocenters. The summed E-state index contributed by atoms with van der Waals surface area (Å²) in [6, 6.07) is 3.47. The normalized spacial score (nSPS) is 12.8. The Hall–Kier alpha value is -1.68. The molecule has 8 nitrogen and oxygen atoms in total. The Morgan fingerprint density at radius 2 is 2.00 bits per heavy atom. The van der Waals surface area contributed by atoms with Crippen molar-refractivity contribution in [3.05, 3.63) is 23.8 Å². The molecule has 0 fully saturated rings. The number of hydrogen-bond donors (Lipinski definition) is 3. The summed E-state index contributed by atoms with van der Waals surface area (Å²) in [4.78, 5) is 11.2. The van der Waals surface area contributed by atoms with Crippen molar-refractivity contribution in [2.24, 2.45) is 0 Å². The van der Waals surface area contributed by atoms with Crippen LogP contribution in [0.2, 0.25) is 0 Å². The van der Waals surface area contributed by atoms with Crippen molar-refractivity contribution in [1.82, 2.24) is 4.72 Å². The van der Waals surface area contributed by atoms with Crippen molar-refractivity contribution in [2.75, 3.05) is 39.3 Å². The number of aromatic carboxylic acids is 1. The Morgan fingerprint density at radius 3 is 2.57 bits per heavy atom. The number of carboxylic acids is 1. The Kier molecular flexibility index (Phi) is 7.43. The molecule has 0 aliphatic rings. The fourth-order valence-electron chi connectivity index (χ4n) is 1.93. The highest BCUT2D eigenvalue weighted by molar-refractivity contribution is 7.89. The van der Waals surface area contributed by atoms with E-state index in [1.165, 1.54) is 26.4 Å². The third-order valence-electron chi connectivity index (χ3n) is 2.93. The number of sulfonamides is 1. The van der Waals surface area contributed by atoms with Crippen LogP contribution in [0.3, 0.4) is 0 Å². The molecule has 0 bridgehead atoms. The first-order valence-electron chi connectivity index (χ1n) is 6.93. The van der Waals surface area contributed by atoms with Gasteiger partial charge in [0, 0.05) is 32.5 Å². The number of carbonyl (C=O) groups is 1. The molecule has 130 valence electrons. The van der Waals surface area contributed by atoms with Crippen molar-refractivity contribution >= 4 is 21.7 Å². The lowest BCUT2D eigenvalue weighted by Gasteiger charge is -2.15. The Labute approximate surface area is 135 Å². The minimum atomic E-state index is -3.83. The molecule has 0 heterocycles. The van der Waals surface area contributed by atoms with E-state index in [-0.39, 0.29) is 17.1 Å². The largest absolute Gasteiger partial charge is 0.478 e. The van der Waals surface area contributed by atoms with Crippen molar-refractivity contribution in [3.63, 3.8) is 0 Å². The van der Waals surface area contributed by atoms with Crippen LogP contribution in [0.15, 0.2) is 23.1 Å². The molecular weight excluding hydrogens is 324 g/mol. The molecule has 0 aromatic heterocycles. The summed E-state index contributed by atoms with van der Waals surface area (Å²) in [6.45, 7) is 2.67.